The van der Waals surface area contributed by atoms with Crippen LogP contribution in [0.5, 0.6) is 5.75 Å². The lowest BCUT2D eigenvalue weighted by molar-refractivity contribution is 0.0784. The average Bonchev–Trinajstić information content (AvgIpc) is 3.43. The quantitative estimate of drug-likeness (QED) is 0.371. The second-order valence-corrected chi connectivity index (χ2v) is 11.1. The number of fused-ring (bicyclic) bond motifs is 1. The summed E-state index contributed by atoms with van der Waals surface area (Å²) in [5, 5.41) is 7.07. The fourth-order valence-electron chi connectivity index (χ4n) is 5.95. The number of hydrogen-bond acceptors (Lipinski definition) is 5. The smallest absolute Gasteiger partial charge is 0.253 e. The van der Waals surface area contributed by atoms with Crippen molar-refractivity contribution >= 4 is 22.9 Å². The van der Waals surface area contributed by atoms with Gasteiger partial charge in [0.25, 0.3) is 5.91 Å². The first-order valence-electron chi connectivity index (χ1n) is 14.6. The summed E-state index contributed by atoms with van der Waals surface area (Å²) in [5.74, 6) is 1.87. The molecule has 1 unspecified atom stereocenters. The van der Waals surface area contributed by atoms with E-state index in [2.05, 4.69) is 47.1 Å². The molecule has 5 rings (SSSR count). The molecule has 0 bridgehead atoms. The van der Waals surface area contributed by atoms with Crippen molar-refractivity contribution in [1.29, 1.82) is 0 Å². The number of allylic oxidation sites excluding steroid dienone is 5. The number of amides is 1. The molecule has 1 aliphatic carbocycles. The number of hydrogen-bond donors (Lipinski definition) is 2. The Kier molecular flexibility index (Phi) is 9.17. The van der Waals surface area contributed by atoms with E-state index in [0.717, 1.165) is 79.3 Å². The molecule has 2 aliphatic heterocycles. The van der Waals surface area contributed by atoms with Gasteiger partial charge in [0.05, 0.1) is 18.5 Å². The summed E-state index contributed by atoms with van der Waals surface area (Å²) in [6, 6.07) is 14.3. The first-order chi connectivity index (χ1) is 19.5. The zero-order valence-corrected chi connectivity index (χ0v) is 24.1. The van der Waals surface area contributed by atoms with Crippen molar-refractivity contribution < 1.29 is 9.53 Å². The van der Waals surface area contributed by atoms with Gasteiger partial charge in [-0.25, -0.2) is 0 Å². The molecule has 2 N–H and O–H groups in total. The van der Waals surface area contributed by atoms with Crippen molar-refractivity contribution in [3.05, 3.63) is 89.3 Å². The summed E-state index contributed by atoms with van der Waals surface area (Å²) in [6.07, 6.45) is 15.1. The van der Waals surface area contributed by atoms with Crippen LogP contribution in [-0.4, -0.2) is 50.3 Å². The van der Waals surface area contributed by atoms with E-state index in [1.807, 2.05) is 49.3 Å². The van der Waals surface area contributed by atoms with Gasteiger partial charge < -0.3 is 20.3 Å². The van der Waals surface area contributed by atoms with Crippen LogP contribution in [-0.2, 0) is 0 Å². The highest BCUT2D eigenvalue weighted by molar-refractivity contribution is 6.12. The lowest BCUT2D eigenvalue weighted by atomic mass is 9.86. The van der Waals surface area contributed by atoms with Crippen LogP contribution >= 0.6 is 0 Å². The number of ether oxygens (including phenoxy) is 1. The second kappa shape index (κ2) is 13.1. The van der Waals surface area contributed by atoms with Crippen LogP contribution < -0.4 is 15.4 Å². The van der Waals surface area contributed by atoms with Crippen LogP contribution in [0.2, 0.25) is 0 Å². The van der Waals surface area contributed by atoms with Crippen molar-refractivity contribution in [1.82, 2.24) is 10.2 Å². The third-order valence-electron chi connectivity index (χ3n) is 8.41. The molecule has 1 atom stereocenters. The van der Waals surface area contributed by atoms with Crippen LogP contribution in [0.25, 0.3) is 5.57 Å². The predicted molar refractivity (Wildman–Crippen MR) is 165 cm³/mol. The molecule has 40 heavy (non-hydrogen) atoms. The summed E-state index contributed by atoms with van der Waals surface area (Å²) >= 11 is 0. The molecule has 0 radical (unpaired) electrons. The highest BCUT2D eigenvalue weighted by Gasteiger charge is 2.29. The number of anilines is 1. The molecule has 2 heterocycles. The normalized spacial score (nSPS) is 21.5. The number of aryl methyl sites for hydroxylation is 1. The SMILES string of the molecule is COc1ccc(C2=CN=C3/C(Nc4ccc(C(=O)N(C)CCC5CCNCC5)c(C)c4)=C/C/C=C\CCC23)cc1. The van der Waals surface area contributed by atoms with E-state index in [4.69, 9.17) is 9.73 Å². The molecule has 6 nitrogen and oxygen atoms in total. The maximum absolute atomic E-state index is 13.3. The van der Waals surface area contributed by atoms with E-state index in [1.165, 1.54) is 24.0 Å². The van der Waals surface area contributed by atoms with Crippen molar-refractivity contribution in [3.63, 3.8) is 0 Å². The molecule has 1 amide bonds. The predicted octanol–water partition coefficient (Wildman–Crippen LogP) is 6.61. The molecule has 2 aromatic carbocycles. The van der Waals surface area contributed by atoms with Gasteiger partial charge in [-0.15, -0.1) is 0 Å². The van der Waals surface area contributed by atoms with E-state index in [1.54, 1.807) is 7.11 Å². The monoisotopic (exact) mass is 538 g/mol. The zero-order chi connectivity index (χ0) is 27.9. The number of benzene rings is 2. The van der Waals surface area contributed by atoms with Crippen LogP contribution in [0, 0.1) is 18.8 Å². The number of rotatable bonds is 8. The summed E-state index contributed by atoms with van der Waals surface area (Å²) in [7, 11) is 3.62. The average molecular weight is 539 g/mol. The fourth-order valence-corrected chi connectivity index (χ4v) is 5.95. The first kappa shape index (κ1) is 27.9. The molecular weight excluding hydrogens is 496 g/mol. The number of carbonyl (C=O) groups is 1. The van der Waals surface area contributed by atoms with Crippen LogP contribution in [0.1, 0.15) is 60.0 Å². The Morgan fingerprint density at radius 2 is 1.90 bits per heavy atom. The number of methoxy groups -OCH3 is 1. The molecule has 2 aromatic rings. The van der Waals surface area contributed by atoms with Crippen molar-refractivity contribution in [2.45, 2.75) is 45.4 Å². The maximum Gasteiger partial charge on any atom is 0.253 e. The van der Waals surface area contributed by atoms with Gasteiger partial charge in [0.15, 0.2) is 0 Å². The summed E-state index contributed by atoms with van der Waals surface area (Å²) < 4.78 is 5.36. The lowest BCUT2D eigenvalue weighted by Gasteiger charge is -2.25. The number of nitrogens with zero attached hydrogens (tertiary/aromatic N) is 2. The number of nitrogens with one attached hydrogen (secondary N) is 2. The topological polar surface area (TPSA) is 66.0 Å². The Balaban J connectivity index is 1.28. The van der Waals surface area contributed by atoms with E-state index in [-0.39, 0.29) is 11.8 Å². The van der Waals surface area contributed by atoms with Crippen LogP contribution in [0.15, 0.2) is 77.6 Å². The summed E-state index contributed by atoms with van der Waals surface area (Å²) in [4.78, 5) is 20.1. The van der Waals surface area contributed by atoms with E-state index in [9.17, 15) is 4.79 Å². The number of carbonyl (C=O) groups excluding carboxylic acids is 1. The minimum atomic E-state index is 0.0957. The standard InChI is InChI=1S/C34H42N4O2/c1-24-22-27(12-15-29(24)34(39)38(2)21-18-25-16-19-35-20-17-25)37-32-9-7-5-4-6-8-30-31(23-36-33(30)32)26-10-13-28(40-3)14-11-26/h4-5,9-15,22-23,25,30,35,37H,6-8,16-21H2,1-3H3/b5-4-,32-9-. The van der Waals surface area contributed by atoms with E-state index < -0.39 is 0 Å². The highest BCUT2D eigenvalue weighted by Crippen LogP contribution is 2.37. The van der Waals surface area contributed by atoms with E-state index >= 15 is 0 Å². The van der Waals surface area contributed by atoms with Crippen LogP contribution in [0.4, 0.5) is 5.69 Å². The molecule has 1 fully saturated rings. The Bertz CT molecular complexity index is 1320. The number of aliphatic imine (C=N–C) groups is 1. The zero-order valence-electron chi connectivity index (χ0n) is 24.1. The minimum absolute atomic E-state index is 0.0957. The van der Waals surface area contributed by atoms with Gasteiger partial charge in [0.1, 0.15) is 5.75 Å². The highest BCUT2D eigenvalue weighted by atomic mass is 16.5. The molecule has 0 aromatic heterocycles. The molecular formula is C34H42N4O2. The molecule has 1 saturated heterocycles. The van der Waals surface area contributed by atoms with Gasteiger partial charge in [-0.2, -0.15) is 0 Å². The van der Waals surface area contributed by atoms with Gasteiger partial charge in [0.2, 0.25) is 0 Å². The van der Waals surface area contributed by atoms with Gasteiger partial charge in [-0.1, -0.05) is 30.4 Å². The third kappa shape index (κ3) is 6.56. The Labute approximate surface area is 238 Å². The van der Waals surface area contributed by atoms with E-state index in [0.29, 0.717) is 5.92 Å². The van der Waals surface area contributed by atoms with Gasteiger partial charge >= 0.3 is 0 Å². The first-order valence-corrected chi connectivity index (χ1v) is 14.6. The largest absolute Gasteiger partial charge is 0.497 e. The van der Waals surface area contributed by atoms with Crippen molar-refractivity contribution in [2.24, 2.45) is 16.8 Å². The van der Waals surface area contributed by atoms with Gasteiger partial charge in [-0.3, -0.25) is 9.79 Å². The molecule has 3 aliphatic rings. The lowest BCUT2D eigenvalue weighted by Crippen LogP contribution is -2.32. The molecule has 210 valence electrons. The van der Waals surface area contributed by atoms with Crippen molar-refractivity contribution in [3.8, 4) is 5.75 Å². The van der Waals surface area contributed by atoms with Crippen molar-refractivity contribution in [2.75, 3.05) is 39.1 Å². The molecule has 6 heteroatoms. The Hall–Kier alpha value is -3.64. The van der Waals surface area contributed by atoms with Crippen LogP contribution in [0.3, 0.4) is 0 Å². The molecule has 0 saturated carbocycles. The maximum atomic E-state index is 13.3. The summed E-state index contributed by atoms with van der Waals surface area (Å²) in [6.45, 7) is 5.01. The number of piperidine rings is 1. The fraction of sp³-hybridized carbons (Fsp3) is 0.412. The van der Waals surface area contributed by atoms with Gasteiger partial charge in [-0.05, 0) is 111 Å². The Morgan fingerprint density at radius 3 is 2.65 bits per heavy atom. The van der Waals surface area contributed by atoms with Gasteiger partial charge in [0, 0.05) is 37.0 Å². The second-order valence-electron chi connectivity index (χ2n) is 11.1. The minimum Gasteiger partial charge on any atom is -0.497 e. The molecule has 0 spiro atoms. The third-order valence-corrected chi connectivity index (χ3v) is 8.41. The summed E-state index contributed by atoms with van der Waals surface area (Å²) in [5.41, 5.74) is 7.25. The Morgan fingerprint density at radius 1 is 1.10 bits per heavy atom.